The number of thiazole rings is 1. The minimum atomic E-state index is -0.169. The molecule has 29 heavy (non-hydrogen) atoms. The van der Waals surface area contributed by atoms with Crippen LogP contribution in [-0.2, 0) is 22.5 Å². The first-order valence-corrected chi connectivity index (χ1v) is 10.7. The summed E-state index contributed by atoms with van der Waals surface area (Å²) >= 11 is 7.54. The second-order valence-electron chi connectivity index (χ2n) is 6.80. The number of carbonyl (C=O) groups is 1. The quantitative estimate of drug-likeness (QED) is 0.603. The van der Waals surface area contributed by atoms with E-state index in [9.17, 15) is 4.79 Å². The third-order valence-electron chi connectivity index (χ3n) is 4.61. The van der Waals surface area contributed by atoms with Gasteiger partial charge >= 0.3 is 0 Å². The molecule has 1 aromatic carbocycles. The van der Waals surface area contributed by atoms with Crippen LogP contribution in [0.2, 0.25) is 5.15 Å². The number of nitrogens with one attached hydrogen (secondary N) is 1. The van der Waals surface area contributed by atoms with Crippen molar-refractivity contribution in [3.63, 3.8) is 0 Å². The molecule has 4 rings (SSSR count). The molecule has 1 aliphatic rings. The van der Waals surface area contributed by atoms with Crippen LogP contribution in [0.4, 0.5) is 5.69 Å². The highest BCUT2D eigenvalue weighted by atomic mass is 35.5. The van der Waals surface area contributed by atoms with Crippen LogP contribution in [-0.4, -0.2) is 47.1 Å². The van der Waals surface area contributed by atoms with E-state index in [0.717, 1.165) is 49.1 Å². The van der Waals surface area contributed by atoms with E-state index in [1.807, 2.05) is 5.38 Å². The second kappa shape index (κ2) is 9.45. The van der Waals surface area contributed by atoms with Gasteiger partial charge in [-0.25, -0.2) is 9.97 Å². The van der Waals surface area contributed by atoms with E-state index >= 15 is 0 Å². The maximum atomic E-state index is 12.3. The Morgan fingerprint density at radius 1 is 1.24 bits per heavy atom. The normalized spacial score (nSPS) is 14.7. The van der Waals surface area contributed by atoms with Crippen molar-refractivity contribution in [2.24, 2.45) is 0 Å². The Morgan fingerprint density at radius 3 is 2.93 bits per heavy atom. The van der Waals surface area contributed by atoms with E-state index in [2.05, 4.69) is 44.5 Å². The molecular weight excluding hydrogens is 408 g/mol. The summed E-state index contributed by atoms with van der Waals surface area (Å²) in [6.45, 7) is 4.41. The van der Waals surface area contributed by atoms with Crippen LogP contribution < -0.4 is 5.32 Å². The summed E-state index contributed by atoms with van der Waals surface area (Å²) in [5, 5.41) is 5.89. The molecule has 2 aromatic heterocycles. The van der Waals surface area contributed by atoms with Crippen molar-refractivity contribution in [3.8, 4) is 10.6 Å². The molecule has 150 valence electrons. The summed E-state index contributed by atoms with van der Waals surface area (Å²) < 4.78 is 5.42. The van der Waals surface area contributed by atoms with E-state index in [1.165, 1.54) is 5.56 Å². The van der Waals surface area contributed by atoms with Gasteiger partial charge in [-0.2, -0.15) is 0 Å². The fraction of sp³-hybridized carbons (Fsp3) is 0.286. The summed E-state index contributed by atoms with van der Waals surface area (Å²) in [7, 11) is 0. The van der Waals surface area contributed by atoms with Crippen LogP contribution in [0.15, 0.2) is 48.0 Å². The molecule has 0 atom stereocenters. The number of rotatable bonds is 6. The number of benzene rings is 1. The average Bonchev–Trinajstić information content (AvgIpc) is 3.19. The third kappa shape index (κ3) is 5.39. The van der Waals surface area contributed by atoms with E-state index in [4.69, 9.17) is 16.3 Å². The van der Waals surface area contributed by atoms with Gasteiger partial charge in [-0.15, -0.1) is 11.3 Å². The molecule has 0 radical (unpaired) electrons. The Kier molecular flexibility index (Phi) is 6.51. The number of hydrogen-bond donors (Lipinski definition) is 1. The van der Waals surface area contributed by atoms with Gasteiger partial charge < -0.3 is 10.1 Å². The number of nitrogens with zero attached hydrogens (tertiary/aromatic N) is 3. The number of hydrogen-bond acceptors (Lipinski definition) is 6. The smallest absolute Gasteiger partial charge is 0.230 e. The Hall–Kier alpha value is -2.32. The van der Waals surface area contributed by atoms with Gasteiger partial charge in [0.25, 0.3) is 0 Å². The molecule has 1 aliphatic heterocycles. The molecule has 3 aromatic rings. The number of pyridine rings is 1. The number of aromatic nitrogens is 2. The highest BCUT2D eigenvalue weighted by Gasteiger charge is 2.13. The number of morpholine rings is 1. The maximum absolute atomic E-state index is 12.3. The van der Waals surface area contributed by atoms with Crippen molar-refractivity contribution < 1.29 is 9.53 Å². The van der Waals surface area contributed by atoms with E-state index in [0.29, 0.717) is 5.69 Å². The molecule has 0 aliphatic carbocycles. The van der Waals surface area contributed by atoms with Gasteiger partial charge in [0.15, 0.2) is 5.15 Å². The average molecular weight is 429 g/mol. The highest BCUT2D eigenvalue weighted by molar-refractivity contribution is 7.13. The monoisotopic (exact) mass is 428 g/mol. The van der Waals surface area contributed by atoms with Gasteiger partial charge in [-0.1, -0.05) is 29.8 Å². The predicted octanol–water partition coefficient (Wildman–Crippen LogP) is 3.87. The molecule has 0 unspecified atom stereocenters. The van der Waals surface area contributed by atoms with E-state index < -0.39 is 0 Å². The lowest BCUT2D eigenvalue weighted by Crippen LogP contribution is -2.35. The Labute approximate surface area is 178 Å². The summed E-state index contributed by atoms with van der Waals surface area (Å²) in [6.07, 6.45) is 1.77. The Balaban J connectivity index is 1.40. The topological polar surface area (TPSA) is 67.4 Å². The van der Waals surface area contributed by atoms with Crippen molar-refractivity contribution in [1.29, 1.82) is 0 Å². The first-order chi connectivity index (χ1) is 14.2. The lowest BCUT2D eigenvalue weighted by molar-refractivity contribution is -0.115. The second-order valence-corrected chi connectivity index (χ2v) is 8.02. The van der Waals surface area contributed by atoms with Gasteiger partial charge in [0, 0.05) is 36.8 Å². The standard InChI is InChI=1S/C21H21ClN4O2S/c22-20-18(5-2-6-23-20)25-19(27)12-17-14-29-21(24-17)16-4-1-3-15(11-16)13-26-7-9-28-10-8-26/h1-6,11,14H,7-10,12-13H2,(H,25,27). The number of ether oxygens (including phenoxy) is 1. The Morgan fingerprint density at radius 2 is 2.10 bits per heavy atom. The summed E-state index contributed by atoms with van der Waals surface area (Å²) in [6, 6.07) is 11.9. The van der Waals surface area contributed by atoms with Crippen LogP contribution in [0.1, 0.15) is 11.3 Å². The van der Waals surface area contributed by atoms with Crippen LogP contribution in [0.25, 0.3) is 10.6 Å². The first-order valence-electron chi connectivity index (χ1n) is 9.41. The number of carbonyl (C=O) groups excluding carboxylic acids is 1. The molecule has 0 bridgehead atoms. The molecule has 1 saturated heterocycles. The molecule has 6 nitrogen and oxygen atoms in total. The molecule has 8 heteroatoms. The van der Waals surface area contributed by atoms with Crippen LogP contribution >= 0.6 is 22.9 Å². The number of anilines is 1. The number of halogens is 1. The Bertz CT molecular complexity index is 988. The van der Waals surface area contributed by atoms with Crippen LogP contribution in [0, 0.1) is 0 Å². The predicted molar refractivity (Wildman–Crippen MR) is 115 cm³/mol. The van der Waals surface area contributed by atoms with Gasteiger partial charge in [-0.3, -0.25) is 9.69 Å². The van der Waals surface area contributed by atoms with Crippen molar-refractivity contribution in [3.05, 3.63) is 64.4 Å². The highest BCUT2D eigenvalue weighted by Crippen LogP contribution is 2.26. The van der Waals surface area contributed by atoms with Crippen LogP contribution in [0.5, 0.6) is 0 Å². The number of amides is 1. The minimum absolute atomic E-state index is 0.169. The lowest BCUT2D eigenvalue weighted by Gasteiger charge is -2.26. The van der Waals surface area contributed by atoms with Crippen molar-refractivity contribution in [2.45, 2.75) is 13.0 Å². The SMILES string of the molecule is O=C(Cc1csc(-c2cccc(CN3CCOCC3)c2)n1)Nc1cccnc1Cl. The van der Waals surface area contributed by atoms with Crippen molar-refractivity contribution >= 4 is 34.5 Å². The van der Waals surface area contributed by atoms with Crippen molar-refractivity contribution in [1.82, 2.24) is 14.9 Å². The fourth-order valence-electron chi connectivity index (χ4n) is 3.18. The molecule has 0 spiro atoms. The van der Waals surface area contributed by atoms with E-state index in [1.54, 1.807) is 29.7 Å². The van der Waals surface area contributed by atoms with Crippen molar-refractivity contribution in [2.75, 3.05) is 31.6 Å². The molecule has 1 amide bonds. The van der Waals surface area contributed by atoms with E-state index in [-0.39, 0.29) is 17.5 Å². The molecule has 0 saturated carbocycles. The van der Waals surface area contributed by atoms with Gasteiger partial charge in [0.05, 0.1) is 31.0 Å². The van der Waals surface area contributed by atoms with Gasteiger partial charge in [0.1, 0.15) is 5.01 Å². The first kappa shape index (κ1) is 20.0. The molecule has 1 fully saturated rings. The van der Waals surface area contributed by atoms with Gasteiger partial charge in [-0.05, 0) is 23.8 Å². The zero-order valence-corrected chi connectivity index (χ0v) is 17.4. The zero-order chi connectivity index (χ0) is 20.1. The maximum Gasteiger partial charge on any atom is 0.230 e. The summed E-state index contributed by atoms with van der Waals surface area (Å²) in [5.41, 5.74) is 3.57. The molecule has 3 heterocycles. The van der Waals surface area contributed by atoms with Crippen LogP contribution in [0.3, 0.4) is 0 Å². The molecular formula is C21H21ClN4O2S. The summed E-state index contributed by atoms with van der Waals surface area (Å²) in [5.74, 6) is -0.169. The summed E-state index contributed by atoms with van der Waals surface area (Å²) in [4.78, 5) is 23.3. The lowest BCUT2D eigenvalue weighted by atomic mass is 10.1. The van der Waals surface area contributed by atoms with Gasteiger partial charge in [0.2, 0.25) is 5.91 Å². The fourth-order valence-corrected chi connectivity index (χ4v) is 4.16. The minimum Gasteiger partial charge on any atom is -0.379 e. The zero-order valence-electron chi connectivity index (χ0n) is 15.8. The third-order valence-corrected chi connectivity index (χ3v) is 5.85. The molecule has 1 N–H and O–H groups in total. The largest absolute Gasteiger partial charge is 0.379 e.